The molecule has 1 aliphatic heterocycles. The Hall–Kier alpha value is -1.52. The Bertz CT molecular complexity index is 1460. The summed E-state index contributed by atoms with van der Waals surface area (Å²) in [7, 11) is -8.79. The van der Waals surface area contributed by atoms with E-state index in [1.165, 1.54) is 0 Å². The van der Waals surface area contributed by atoms with Gasteiger partial charge in [0.25, 0.3) is 0 Å². The zero-order valence-corrected chi connectivity index (χ0v) is 25.6. The minimum atomic E-state index is -5.97. The van der Waals surface area contributed by atoms with Crippen molar-refractivity contribution in [1.29, 1.82) is 0 Å². The van der Waals surface area contributed by atoms with Gasteiger partial charge in [-0.15, -0.1) is 0 Å². The van der Waals surface area contributed by atoms with Crippen LogP contribution in [0.25, 0.3) is 10.8 Å². The largest absolute Gasteiger partial charge is 0.493 e. The monoisotopic (exact) mass is 628 g/mol. The van der Waals surface area contributed by atoms with Gasteiger partial charge in [-0.2, -0.15) is 26.0 Å². The van der Waals surface area contributed by atoms with Crippen molar-refractivity contribution < 1.29 is 34.3 Å². The molecule has 1 saturated heterocycles. The van der Waals surface area contributed by atoms with Gasteiger partial charge in [0.1, 0.15) is 5.75 Å². The van der Waals surface area contributed by atoms with Crippen LogP contribution in [-0.4, -0.2) is 37.7 Å². The summed E-state index contributed by atoms with van der Waals surface area (Å²) in [6.07, 6.45) is 6.58. The van der Waals surface area contributed by atoms with Gasteiger partial charge in [-0.3, -0.25) is 0 Å². The first kappa shape index (κ1) is 29.2. The summed E-state index contributed by atoms with van der Waals surface area (Å²) < 4.78 is 102. The Labute approximate surface area is 247 Å². The van der Waals surface area contributed by atoms with Crippen LogP contribution < -0.4 is 4.74 Å². The Kier molecular flexibility index (Phi) is 7.14. The third-order valence-electron chi connectivity index (χ3n) is 11.3. The van der Waals surface area contributed by atoms with E-state index in [4.69, 9.17) is 8.37 Å². The van der Waals surface area contributed by atoms with Crippen molar-refractivity contribution in [2.45, 2.75) is 80.8 Å². The second kappa shape index (κ2) is 10.3. The second-order valence-electron chi connectivity index (χ2n) is 13.4. The van der Waals surface area contributed by atoms with Gasteiger partial charge in [-0.05, 0) is 104 Å². The van der Waals surface area contributed by atoms with E-state index in [1.54, 1.807) is 24.3 Å². The molecule has 4 aliphatic carbocycles. The number of ether oxygens (including phenoxy) is 1. The first-order chi connectivity index (χ1) is 20.0. The summed E-state index contributed by atoms with van der Waals surface area (Å²) >= 11 is 0. The van der Waals surface area contributed by atoms with Gasteiger partial charge in [-0.25, -0.2) is 3.63 Å². The Morgan fingerprint density at radius 1 is 0.881 bits per heavy atom. The highest BCUT2D eigenvalue weighted by molar-refractivity contribution is 8.33. The van der Waals surface area contributed by atoms with Gasteiger partial charge >= 0.3 is 21.3 Å². The third-order valence-corrected chi connectivity index (χ3v) is 17.0. The maximum absolute atomic E-state index is 16.0. The number of fused-ring (bicyclic) bond motifs is 10. The predicted molar refractivity (Wildman–Crippen MR) is 157 cm³/mol. The average molecular weight is 629 g/mol. The molecule has 5 fully saturated rings. The highest BCUT2D eigenvalue weighted by atomic mass is 32.3. The molecule has 232 valence electrons. The summed E-state index contributed by atoms with van der Waals surface area (Å²) in [5.41, 5.74) is 0. The molecule has 0 radical (unpaired) electrons. The molecule has 1 heterocycles. The number of benzene rings is 2. The minimum Gasteiger partial charge on any atom is -0.493 e. The van der Waals surface area contributed by atoms with Crippen molar-refractivity contribution in [2.24, 2.45) is 41.4 Å². The van der Waals surface area contributed by atoms with Crippen molar-refractivity contribution in [1.82, 2.24) is 0 Å². The van der Waals surface area contributed by atoms with Gasteiger partial charge in [0, 0.05) is 27.7 Å². The zero-order chi connectivity index (χ0) is 29.5. The van der Waals surface area contributed by atoms with Crippen molar-refractivity contribution in [2.75, 3.05) is 18.1 Å². The van der Waals surface area contributed by atoms with Crippen molar-refractivity contribution >= 4 is 31.2 Å². The minimum absolute atomic E-state index is 0.00169. The zero-order valence-electron chi connectivity index (χ0n) is 24.0. The van der Waals surface area contributed by atoms with E-state index in [1.807, 2.05) is 12.1 Å². The van der Waals surface area contributed by atoms with Crippen molar-refractivity contribution in [3.05, 3.63) is 36.4 Å². The first-order valence-electron chi connectivity index (χ1n) is 15.7. The lowest BCUT2D eigenvalue weighted by Gasteiger charge is -2.43. The van der Waals surface area contributed by atoms with E-state index >= 15 is 17.6 Å². The van der Waals surface area contributed by atoms with Gasteiger partial charge in [0.2, 0.25) is 0 Å². The molecule has 4 nitrogen and oxygen atoms in total. The highest BCUT2D eigenvalue weighted by Crippen LogP contribution is 2.72. The van der Waals surface area contributed by atoms with Crippen LogP contribution in [0.1, 0.15) is 64.7 Å². The van der Waals surface area contributed by atoms with Crippen LogP contribution in [0.4, 0.5) is 17.6 Å². The standard InChI is InChI=1S/C32H40F4O4S2/c1-2-3-14-39-27-12-13-28(24-9-5-4-8-23(24)27)41(15-6-7-16-41)40-42(37,38)32(35,36)31(33,34)26-19-22-18-25(26)30-21-11-10-20(17-21)29(22)30/h4-5,8-9,12-13,20-22,25-26,29-30H,2-3,6-7,10-11,14-19H2,1H3. The van der Waals surface area contributed by atoms with Crippen LogP contribution in [0, 0.1) is 41.4 Å². The predicted octanol–water partition coefficient (Wildman–Crippen LogP) is 8.78. The molecule has 2 aromatic rings. The van der Waals surface area contributed by atoms with E-state index in [0.29, 0.717) is 59.7 Å². The number of hydrogen-bond donors (Lipinski definition) is 0. The summed E-state index contributed by atoms with van der Waals surface area (Å²) in [4.78, 5) is 0.505. The van der Waals surface area contributed by atoms with E-state index in [9.17, 15) is 8.42 Å². The molecule has 0 amide bonds. The Morgan fingerprint density at radius 2 is 1.57 bits per heavy atom. The molecule has 42 heavy (non-hydrogen) atoms. The Balaban J connectivity index is 1.20. The van der Waals surface area contributed by atoms with Gasteiger partial charge < -0.3 is 4.74 Å². The fourth-order valence-electron chi connectivity index (χ4n) is 9.70. The number of unbranched alkanes of at least 4 members (excludes halogenated alkanes) is 1. The molecule has 5 aliphatic rings. The molecule has 0 aromatic heterocycles. The van der Waals surface area contributed by atoms with Gasteiger partial charge in [0.05, 0.1) is 6.61 Å². The fourth-order valence-corrected chi connectivity index (χ4v) is 15.6. The molecule has 0 spiro atoms. The van der Waals surface area contributed by atoms with Crippen LogP contribution >= 0.6 is 10.3 Å². The molecule has 4 saturated carbocycles. The summed E-state index contributed by atoms with van der Waals surface area (Å²) in [5, 5.41) is -3.93. The molecule has 7 atom stereocenters. The van der Waals surface area contributed by atoms with Crippen molar-refractivity contribution in [3.63, 3.8) is 0 Å². The van der Waals surface area contributed by atoms with Gasteiger partial charge in [-0.1, -0.05) is 47.9 Å². The first-order valence-corrected chi connectivity index (χ1v) is 19.0. The number of rotatable bonds is 10. The number of halogens is 4. The van der Waals surface area contributed by atoms with Gasteiger partial charge in [0.15, 0.2) is 0 Å². The lowest BCUT2D eigenvalue weighted by molar-refractivity contribution is -0.209. The molecule has 10 heteroatoms. The molecule has 7 unspecified atom stereocenters. The SMILES string of the molecule is CCCCOc1ccc(S2(OS(=O)(=O)C(F)(F)C(F)(F)C3CC4CC3C3C5CCC(C5)C43)CCCC2)c2ccccc12. The second-order valence-corrected chi connectivity index (χ2v) is 18.2. The third kappa shape index (κ3) is 4.20. The van der Waals surface area contributed by atoms with Crippen LogP contribution in [0.3, 0.4) is 0 Å². The van der Waals surface area contributed by atoms with Crippen LogP contribution in [0.5, 0.6) is 5.75 Å². The summed E-state index contributed by atoms with van der Waals surface area (Å²) in [6, 6.07) is 10.7. The lowest BCUT2D eigenvalue weighted by atomic mass is 9.66. The maximum atomic E-state index is 16.0. The number of alkyl halides is 4. The van der Waals surface area contributed by atoms with Crippen molar-refractivity contribution in [3.8, 4) is 5.75 Å². The number of hydrogen-bond acceptors (Lipinski definition) is 4. The molecular weight excluding hydrogens is 588 g/mol. The smallest absolute Gasteiger partial charge is 0.432 e. The fraction of sp³-hybridized carbons (Fsp3) is 0.688. The maximum Gasteiger partial charge on any atom is 0.432 e. The highest BCUT2D eigenvalue weighted by Gasteiger charge is 2.76. The molecule has 4 bridgehead atoms. The summed E-state index contributed by atoms with van der Waals surface area (Å²) in [5.74, 6) is -4.55. The van der Waals surface area contributed by atoms with Crippen LogP contribution in [0.2, 0.25) is 0 Å². The van der Waals surface area contributed by atoms with E-state index < -0.39 is 43.4 Å². The van der Waals surface area contributed by atoms with E-state index in [-0.39, 0.29) is 29.8 Å². The molecular formula is C32H40F4O4S2. The lowest BCUT2D eigenvalue weighted by Crippen LogP contribution is -2.55. The average Bonchev–Trinajstić information content (AvgIpc) is 3.79. The Morgan fingerprint density at radius 3 is 2.29 bits per heavy atom. The topological polar surface area (TPSA) is 52.6 Å². The normalized spacial score (nSPS) is 34.3. The molecule has 7 rings (SSSR count). The van der Waals surface area contributed by atoms with E-state index in [0.717, 1.165) is 37.5 Å². The van der Waals surface area contributed by atoms with Crippen LogP contribution in [0.15, 0.2) is 41.3 Å². The van der Waals surface area contributed by atoms with E-state index in [2.05, 4.69) is 6.92 Å². The summed E-state index contributed by atoms with van der Waals surface area (Å²) in [6.45, 7) is 2.57. The molecule has 0 N–H and O–H groups in total. The quantitative estimate of drug-likeness (QED) is 0.150. The van der Waals surface area contributed by atoms with Crippen LogP contribution in [-0.2, 0) is 13.7 Å². The molecule has 2 aromatic carbocycles.